The molecule has 5 aromatic rings. The van der Waals surface area contributed by atoms with Crippen molar-refractivity contribution < 1.29 is 22.3 Å². The van der Waals surface area contributed by atoms with Crippen LogP contribution >= 0.6 is 11.6 Å². The van der Waals surface area contributed by atoms with Crippen LogP contribution in [0, 0.1) is 19.7 Å². The fourth-order valence-corrected chi connectivity index (χ4v) is 4.66. The number of benzene rings is 4. The van der Waals surface area contributed by atoms with E-state index in [2.05, 4.69) is 11.2 Å². The minimum Gasteiger partial charge on any atom is -0.489 e. The van der Waals surface area contributed by atoms with Gasteiger partial charge in [0.2, 0.25) is 0 Å². The van der Waals surface area contributed by atoms with Gasteiger partial charge in [0.1, 0.15) is 23.7 Å². The zero-order valence-electron chi connectivity index (χ0n) is 20.6. The lowest BCUT2D eigenvalue weighted by Crippen LogP contribution is -2.07. The van der Waals surface area contributed by atoms with Crippen molar-refractivity contribution in [2.24, 2.45) is 0 Å². The summed E-state index contributed by atoms with van der Waals surface area (Å²) in [5.41, 5.74) is 4.04. The molecule has 0 atom stereocenters. The molecule has 1 heterocycles. The SMILES string of the molecule is Cc1ccc(C)c(COc2ccc(-c3c4cccc(C(F)(F)F)c4nn3Cc3ccc(F)cc3Cl)cc2)c1. The highest BCUT2D eigenvalue weighted by Gasteiger charge is 2.34. The second kappa shape index (κ2) is 10.1. The van der Waals surface area contributed by atoms with E-state index in [4.69, 9.17) is 16.3 Å². The van der Waals surface area contributed by atoms with Gasteiger partial charge in [0.25, 0.3) is 0 Å². The Kier molecular flexibility index (Phi) is 6.88. The zero-order valence-corrected chi connectivity index (χ0v) is 21.4. The molecule has 1 aromatic heterocycles. The summed E-state index contributed by atoms with van der Waals surface area (Å²) in [7, 11) is 0. The van der Waals surface area contributed by atoms with E-state index in [0.717, 1.165) is 22.8 Å². The van der Waals surface area contributed by atoms with E-state index in [1.54, 1.807) is 30.3 Å². The highest BCUT2D eigenvalue weighted by molar-refractivity contribution is 6.31. The van der Waals surface area contributed by atoms with E-state index in [1.165, 1.54) is 28.9 Å². The predicted octanol–water partition coefficient (Wildman–Crippen LogP) is 8.76. The van der Waals surface area contributed by atoms with Gasteiger partial charge in [0.15, 0.2) is 0 Å². The molecule has 0 saturated carbocycles. The molecule has 0 bridgehead atoms. The van der Waals surface area contributed by atoms with Crippen LogP contribution in [-0.4, -0.2) is 9.78 Å². The quantitative estimate of drug-likeness (QED) is 0.202. The first-order chi connectivity index (χ1) is 18.1. The smallest absolute Gasteiger partial charge is 0.418 e. The summed E-state index contributed by atoms with van der Waals surface area (Å²) in [6, 6.07) is 21.2. The van der Waals surface area contributed by atoms with Crippen LogP contribution in [-0.2, 0) is 19.3 Å². The number of aromatic nitrogens is 2. The number of halogens is 5. The monoisotopic (exact) mass is 538 g/mol. The molecule has 5 rings (SSSR count). The van der Waals surface area contributed by atoms with Crippen LogP contribution in [0.4, 0.5) is 17.6 Å². The summed E-state index contributed by atoms with van der Waals surface area (Å²) in [6.45, 7) is 4.50. The lowest BCUT2D eigenvalue weighted by Gasteiger charge is -2.12. The van der Waals surface area contributed by atoms with E-state index in [-0.39, 0.29) is 17.1 Å². The van der Waals surface area contributed by atoms with Crippen LogP contribution in [0.1, 0.15) is 27.8 Å². The van der Waals surface area contributed by atoms with Gasteiger partial charge in [-0.05, 0) is 73.0 Å². The average Bonchev–Trinajstić information content (AvgIpc) is 3.24. The third-order valence-corrected chi connectivity index (χ3v) is 6.79. The maximum atomic E-state index is 13.8. The molecule has 4 aromatic carbocycles. The summed E-state index contributed by atoms with van der Waals surface area (Å²) in [4.78, 5) is 0. The Morgan fingerprint density at radius 2 is 1.66 bits per heavy atom. The Balaban J connectivity index is 1.54. The Bertz CT molecular complexity index is 1620. The molecule has 0 N–H and O–H groups in total. The number of alkyl halides is 3. The van der Waals surface area contributed by atoms with E-state index in [0.29, 0.717) is 34.6 Å². The molecule has 0 saturated heterocycles. The second-order valence-corrected chi connectivity index (χ2v) is 9.59. The van der Waals surface area contributed by atoms with Gasteiger partial charge in [-0.2, -0.15) is 18.3 Å². The molecule has 3 nitrogen and oxygen atoms in total. The fourth-order valence-electron chi connectivity index (χ4n) is 4.44. The molecule has 0 radical (unpaired) electrons. The van der Waals surface area contributed by atoms with Crippen LogP contribution in [0.25, 0.3) is 22.2 Å². The molecule has 0 spiro atoms. The first-order valence-corrected chi connectivity index (χ1v) is 12.3. The van der Waals surface area contributed by atoms with Gasteiger partial charge in [0.05, 0.1) is 17.8 Å². The van der Waals surface area contributed by atoms with Crippen molar-refractivity contribution in [2.45, 2.75) is 33.2 Å². The topological polar surface area (TPSA) is 27.1 Å². The lowest BCUT2D eigenvalue weighted by molar-refractivity contribution is -0.136. The van der Waals surface area contributed by atoms with Crippen molar-refractivity contribution in [3.8, 4) is 17.0 Å². The van der Waals surface area contributed by atoms with Crippen LogP contribution < -0.4 is 4.74 Å². The molecule has 0 amide bonds. The number of hydrogen-bond acceptors (Lipinski definition) is 2. The van der Waals surface area contributed by atoms with Gasteiger partial charge in [-0.3, -0.25) is 4.68 Å². The molecule has 38 heavy (non-hydrogen) atoms. The largest absolute Gasteiger partial charge is 0.489 e. The third kappa shape index (κ3) is 5.24. The predicted molar refractivity (Wildman–Crippen MR) is 141 cm³/mol. The number of rotatable bonds is 6. The highest BCUT2D eigenvalue weighted by atomic mass is 35.5. The standard InChI is InChI=1S/C30H23ClF4N2O/c1-18-6-7-19(2)22(14-18)17-38-24-12-9-20(10-13-24)29-25-4-3-5-26(30(33,34)35)28(25)36-37(29)16-21-8-11-23(32)15-27(21)31/h3-15H,16-17H2,1-2H3. The van der Waals surface area contributed by atoms with Crippen molar-refractivity contribution in [1.82, 2.24) is 9.78 Å². The van der Waals surface area contributed by atoms with Gasteiger partial charge < -0.3 is 4.74 Å². The van der Waals surface area contributed by atoms with Crippen LogP contribution in [0.2, 0.25) is 5.02 Å². The van der Waals surface area contributed by atoms with Crippen molar-refractivity contribution in [3.05, 3.63) is 118 Å². The lowest BCUT2D eigenvalue weighted by atomic mass is 10.0. The summed E-state index contributed by atoms with van der Waals surface area (Å²) in [5.74, 6) is 0.128. The maximum absolute atomic E-state index is 13.8. The molecular weight excluding hydrogens is 516 g/mol. The molecule has 194 valence electrons. The molecule has 0 aliphatic carbocycles. The van der Waals surface area contributed by atoms with Crippen molar-refractivity contribution >= 4 is 22.5 Å². The Morgan fingerprint density at radius 3 is 2.37 bits per heavy atom. The third-order valence-electron chi connectivity index (χ3n) is 6.44. The first-order valence-electron chi connectivity index (χ1n) is 11.9. The number of hydrogen-bond donors (Lipinski definition) is 0. The maximum Gasteiger partial charge on any atom is 0.418 e. The highest BCUT2D eigenvalue weighted by Crippen LogP contribution is 2.38. The number of ether oxygens (including phenoxy) is 1. The van der Waals surface area contributed by atoms with E-state index < -0.39 is 17.6 Å². The van der Waals surface area contributed by atoms with Gasteiger partial charge >= 0.3 is 6.18 Å². The number of nitrogens with zero attached hydrogens (tertiary/aromatic N) is 2. The van der Waals surface area contributed by atoms with Gasteiger partial charge in [-0.15, -0.1) is 0 Å². The number of fused-ring (bicyclic) bond motifs is 1. The van der Waals surface area contributed by atoms with Gasteiger partial charge in [-0.1, -0.05) is 53.6 Å². The Morgan fingerprint density at radius 1 is 0.895 bits per heavy atom. The van der Waals surface area contributed by atoms with E-state index in [9.17, 15) is 17.6 Å². The Labute approximate surface area is 222 Å². The van der Waals surface area contributed by atoms with Crippen LogP contribution in [0.15, 0.2) is 78.9 Å². The molecule has 0 aliphatic heterocycles. The van der Waals surface area contributed by atoms with E-state index in [1.807, 2.05) is 26.0 Å². The molecule has 0 fully saturated rings. The Hall–Kier alpha value is -3.84. The molecule has 8 heteroatoms. The van der Waals surface area contributed by atoms with Gasteiger partial charge in [-0.25, -0.2) is 4.39 Å². The van der Waals surface area contributed by atoms with Crippen LogP contribution in [0.5, 0.6) is 5.75 Å². The summed E-state index contributed by atoms with van der Waals surface area (Å²) < 4.78 is 62.4. The molecule has 0 aliphatic rings. The van der Waals surface area contributed by atoms with Gasteiger partial charge in [0, 0.05) is 16.0 Å². The van der Waals surface area contributed by atoms with Crippen molar-refractivity contribution in [1.29, 1.82) is 0 Å². The molecule has 0 unspecified atom stereocenters. The van der Waals surface area contributed by atoms with E-state index >= 15 is 0 Å². The zero-order chi connectivity index (χ0) is 27.0. The number of aryl methyl sites for hydroxylation is 2. The summed E-state index contributed by atoms with van der Waals surface area (Å²) >= 11 is 6.23. The first kappa shape index (κ1) is 25.8. The molecular formula is C30H23ClF4N2O. The van der Waals surface area contributed by atoms with Crippen molar-refractivity contribution in [3.63, 3.8) is 0 Å². The summed E-state index contributed by atoms with van der Waals surface area (Å²) in [6.07, 6.45) is -4.57. The minimum atomic E-state index is -4.57. The minimum absolute atomic E-state index is 0.0608. The summed E-state index contributed by atoms with van der Waals surface area (Å²) in [5, 5.41) is 4.86. The fraction of sp³-hybridized carbons (Fsp3) is 0.167. The normalized spacial score (nSPS) is 11.8. The van der Waals surface area contributed by atoms with Crippen LogP contribution in [0.3, 0.4) is 0 Å². The van der Waals surface area contributed by atoms with Crippen molar-refractivity contribution in [2.75, 3.05) is 0 Å². The average molecular weight is 539 g/mol. The second-order valence-electron chi connectivity index (χ2n) is 9.18.